The first-order valence-corrected chi connectivity index (χ1v) is 18.9. The number of rotatable bonds is 33. The minimum atomic E-state index is -0.996. The molecule has 0 saturated heterocycles. The van der Waals surface area contributed by atoms with Gasteiger partial charge in [0.25, 0.3) is 0 Å². The van der Waals surface area contributed by atoms with Crippen molar-refractivity contribution in [3.8, 4) is 0 Å². The van der Waals surface area contributed by atoms with Crippen molar-refractivity contribution in [3.05, 3.63) is 60.8 Å². The summed E-state index contributed by atoms with van der Waals surface area (Å²) >= 11 is 0. The average Bonchev–Trinajstić information content (AvgIpc) is 3.07. The summed E-state index contributed by atoms with van der Waals surface area (Å²) in [6.07, 6.45) is 43.7. The highest BCUT2D eigenvalue weighted by molar-refractivity contribution is 5.69. The van der Waals surface area contributed by atoms with Gasteiger partial charge in [0.15, 0.2) is 0 Å². The van der Waals surface area contributed by atoms with E-state index in [0.29, 0.717) is 19.3 Å². The Morgan fingerprint density at radius 2 is 0.957 bits per heavy atom. The molecule has 6 nitrogen and oxygen atoms in total. The minimum absolute atomic E-state index is 0.142. The molecule has 0 aromatic carbocycles. The Labute approximate surface area is 288 Å². The van der Waals surface area contributed by atoms with E-state index >= 15 is 0 Å². The van der Waals surface area contributed by atoms with Crippen LogP contribution in [0.15, 0.2) is 60.8 Å². The highest BCUT2D eigenvalue weighted by Gasteiger charge is 2.12. The van der Waals surface area contributed by atoms with Crippen LogP contribution < -0.4 is 0 Å². The molecule has 47 heavy (non-hydrogen) atoms. The molecule has 0 amide bonds. The van der Waals surface area contributed by atoms with Crippen molar-refractivity contribution < 1.29 is 29.3 Å². The molecule has 0 aromatic rings. The Hall–Kier alpha value is -2.44. The summed E-state index contributed by atoms with van der Waals surface area (Å²) in [5.74, 6) is -0.650. The van der Waals surface area contributed by atoms with Gasteiger partial charge in [0.2, 0.25) is 0 Å². The molecule has 2 atom stereocenters. The first kappa shape index (κ1) is 44.6. The van der Waals surface area contributed by atoms with Gasteiger partial charge >= 0.3 is 11.9 Å². The molecule has 0 fully saturated rings. The molecule has 0 radical (unpaired) electrons. The van der Waals surface area contributed by atoms with Crippen LogP contribution in [0.4, 0.5) is 0 Å². The fourth-order valence-corrected chi connectivity index (χ4v) is 4.90. The molecule has 0 spiro atoms. The molecule has 2 N–H and O–H groups in total. The van der Waals surface area contributed by atoms with Crippen LogP contribution in [-0.2, 0) is 19.1 Å². The van der Waals surface area contributed by atoms with Gasteiger partial charge in [-0.15, -0.1) is 0 Å². The molecule has 0 rings (SSSR count). The summed E-state index contributed by atoms with van der Waals surface area (Å²) in [4.78, 5) is 23.9. The second kappa shape index (κ2) is 36.4. The molecule has 0 unspecified atom stereocenters. The van der Waals surface area contributed by atoms with Crippen LogP contribution in [0.3, 0.4) is 0 Å². The maximum absolute atomic E-state index is 11.9. The lowest BCUT2D eigenvalue weighted by atomic mass is 10.0. The third-order valence-corrected chi connectivity index (χ3v) is 7.92. The number of hydrogen-bond donors (Lipinski definition) is 2. The SMILES string of the molecule is CCCCCCCCCCCCCCCCCC(=O)OC[C@H](O)COC(=O)CCC/C=C\C/C=C\C/C=C\C/C=C\C=C\[C@@H](O)CC. The summed E-state index contributed by atoms with van der Waals surface area (Å²) in [6, 6.07) is 0. The van der Waals surface area contributed by atoms with Gasteiger partial charge < -0.3 is 19.7 Å². The molecule has 0 heterocycles. The molecule has 6 heteroatoms. The Balaban J connectivity index is 3.57. The predicted octanol–water partition coefficient (Wildman–Crippen LogP) is 10.6. The third-order valence-electron chi connectivity index (χ3n) is 7.92. The van der Waals surface area contributed by atoms with Gasteiger partial charge in [-0.2, -0.15) is 0 Å². The normalized spacial score (nSPS) is 13.5. The number of ether oxygens (including phenoxy) is 2. The van der Waals surface area contributed by atoms with Crippen LogP contribution in [0.2, 0.25) is 0 Å². The zero-order valence-electron chi connectivity index (χ0n) is 30.1. The number of carbonyl (C=O) groups is 2. The number of carbonyl (C=O) groups excluding carboxylic acids is 2. The molecule has 0 aliphatic carbocycles. The zero-order chi connectivity index (χ0) is 34.5. The van der Waals surface area contributed by atoms with Crippen molar-refractivity contribution in [3.63, 3.8) is 0 Å². The summed E-state index contributed by atoms with van der Waals surface area (Å²) in [6.45, 7) is 3.91. The number of aliphatic hydroxyl groups excluding tert-OH is 2. The van der Waals surface area contributed by atoms with Crippen molar-refractivity contribution in [2.24, 2.45) is 0 Å². The maximum Gasteiger partial charge on any atom is 0.305 e. The Morgan fingerprint density at radius 1 is 0.532 bits per heavy atom. The maximum atomic E-state index is 11.9. The van der Waals surface area contributed by atoms with Crippen molar-refractivity contribution in [1.82, 2.24) is 0 Å². The van der Waals surface area contributed by atoms with Crippen LogP contribution in [-0.4, -0.2) is 47.6 Å². The highest BCUT2D eigenvalue weighted by atomic mass is 16.6. The lowest BCUT2D eigenvalue weighted by Crippen LogP contribution is -2.25. The fraction of sp³-hybridized carbons (Fsp3) is 0.707. The number of allylic oxidation sites excluding steroid dienone is 9. The van der Waals surface area contributed by atoms with E-state index in [1.807, 2.05) is 19.1 Å². The highest BCUT2D eigenvalue weighted by Crippen LogP contribution is 2.14. The van der Waals surface area contributed by atoms with E-state index in [9.17, 15) is 19.8 Å². The quantitative estimate of drug-likeness (QED) is 0.0315. The third kappa shape index (κ3) is 36.2. The molecule has 0 bridgehead atoms. The van der Waals surface area contributed by atoms with Crippen LogP contribution in [0.5, 0.6) is 0 Å². The molecule has 0 aliphatic rings. The molecular weight excluding hydrogens is 588 g/mol. The zero-order valence-corrected chi connectivity index (χ0v) is 30.1. The van der Waals surface area contributed by atoms with Crippen molar-refractivity contribution in [2.45, 2.75) is 174 Å². The van der Waals surface area contributed by atoms with E-state index in [1.165, 1.54) is 77.0 Å². The minimum Gasteiger partial charge on any atom is -0.463 e. The van der Waals surface area contributed by atoms with Gasteiger partial charge in [0.1, 0.15) is 19.3 Å². The summed E-state index contributed by atoms with van der Waals surface area (Å²) in [7, 11) is 0. The second-order valence-corrected chi connectivity index (χ2v) is 12.5. The van der Waals surface area contributed by atoms with E-state index in [4.69, 9.17) is 9.47 Å². The van der Waals surface area contributed by atoms with E-state index in [2.05, 4.69) is 49.5 Å². The largest absolute Gasteiger partial charge is 0.463 e. The van der Waals surface area contributed by atoms with Crippen molar-refractivity contribution >= 4 is 11.9 Å². The Morgan fingerprint density at radius 3 is 1.45 bits per heavy atom. The van der Waals surface area contributed by atoms with Crippen LogP contribution >= 0.6 is 0 Å². The van der Waals surface area contributed by atoms with E-state index in [-0.39, 0.29) is 31.3 Å². The lowest BCUT2D eigenvalue weighted by Gasteiger charge is -2.12. The number of hydrogen-bond acceptors (Lipinski definition) is 6. The van der Waals surface area contributed by atoms with E-state index in [1.54, 1.807) is 6.08 Å². The summed E-state index contributed by atoms with van der Waals surface area (Å²) in [5.41, 5.74) is 0. The summed E-state index contributed by atoms with van der Waals surface area (Å²) in [5, 5.41) is 19.4. The molecule has 0 aromatic heterocycles. The van der Waals surface area contributed by atoms with Crippen LogP contribution in [0, 0.1) is 0 Å². The molecule has 270 valence electrons. The number of aliphatic hydroxyl groups is 2. The van der Waals surface area contributed by atoms with Gasteiger partial charge in [-0.3, -0.25) is 9.59 Å². The van der Waals surface area contributed by atoms with Crippen molar-refractivity contribution in [1.29, 1.82) is 0 Å². The lowest BCUT2D eigenvalue weighted by molar-refractivity contribution is -0.152. The van der Waals surface area contributed by atoms with Gasteiger partial charge in [-0.25, -0.2) is 0 Å². The van der Waals surface area contributed by atoms with Crippen LogP contribution in [0.1, 0.15) is 162 Å². The van der Waals surface area contributed by atoms with E-state index in [0.717, 1.165) is 51.4 Å². The van der Waals surface area contributed by atoms with Gasteiger partial charge in [0.05, 0.1) is 6.10 Å². The molecular formula is C41H70O6. The van der Waals surface area contributed by atoms with Gasteiger partial charge in [-0.1, -0.05) is 164 Å². The smallest absolute Gasteiger partial charge is 0.305 e. The first-order valence-electron chi connectivity index (χ1n) is 18.9. The van der Waals surface area contributed by atoms with Gasteiger partial charge in [0, 0.05) is 12.8 Å². The Kier molecular flexibility index (Phi) is 34.5. The number of esters is 2. The Bertz CT molecular complexity index is 856. The standard InChI is InChI=1S/C41H70O6/c1-3-5-6-7-8-9-10-11-12-16-19-22-25-28-31-34-40(44)46-36-39(43)37-47-41(45)35-32-29-26-23-20-17-14-13-15-18-21-24-27-30-33-38(42)4-2/h14-15,17-18,23-24,26-27,30,33,38-39,42-43H,3-13,16,19-22,25,28-29,31-32,34-37H2,1-2H3/b17-14-,18-15-,26-23-,27-24-,33-30+/t38-,39-/m0/s1. The molecule has 0 saturated carbocycles. The fourth-order valence-electron chi connectivity index (χ4n) is 4.90. The monoisotopic (exact) mass is 659 g/mol. The van der Waals surface area contributed by atoms with Crippen molar-refractivity contribution in [2.75, 3.05) is 13.2 Å². The predicted molar refractivity (Wildman–Crippen MR) is 197 cm³/mol. The summed E-state index contributed by atoms with van der Waals surface area (Å²) < 4.78 is 10.3. The van der Waals surface area contributed by atoms with Gasteiger partial charge in [-0.05, 0) is 44.9 Å². The molecule has 0 aliphatic heterocycles. The number of unbranched alkanes of at least 4 members (excludes halogenated alkanes) is 15. The van der Waals surface area contributed by atoms with Crippen LogP contribution in [0.25, 0.3) is 0 Å². The van der Waals surface area contributed by atoms with E-state index < -0.39 is 6.10 Å². The average molecular weight is 659 g/mol. The topological polar surface area (TPSA) is 93.1 Å². The first-order chi connectivity index (χ1) is 23.0. The second-order valence-electron chi connectivity index (χ2n) is 12.5.